The molecule has 2 aliphatic heterocycles. The van der Waals surface area contributed by atoms with Gasteiger partial charge in [-0.25, -0.2) is 0 Å². The van der Waals surface area contributed by atoms with Crippen LogP contribution in [0, 0.1) is 0 Å². The van der Waals surface area contributed by atoms with Crippen LogP contribution in [0.4, 0.5) is 0 Å². The summed E-state index contributed by atoms with van der Waals surface area (Å²) in [7, 11) is 0. The molecule has 2 saturated heterocycles. The normalized spacial score (nSPS) is 21.0. The summed E-state index contributed by atoms with van der Waals surface area (Å²) >= 11 is 13.1. The number of thiocarbonyl (C=S) groups is 2. The highest BCUT2D eigenvalue weighted by atomic mass is 32.2. The number of nitrogens with zero attached hydrogens (tertiary/aromatic N) is 2. The molecule has 134 valence electrons. The summed E-state index contributed by atoms with van der Waals surface area (Å²) in [5.74, 6) is -0.117. The summed E-state index contributed by atoms with van der Waals surface area (Å²) < 4.78 is 1.17. The number of carbonyl (C=O) groups is 2. The maximum Gasteiger partial charge on any atom is 0.266 e. The molecule has 0 spiro atoms. The van der Waals surface area contributed by atoms with E-state index in [9.17, 15) is 9.59 Å². The quantitative estimate of drug-likeness (QED) is 0.539. The second-order valence-electron chi connectivity index (χ2n) is 5.52. The van der Waals surface area contributed by atoms with Crippen molar-refractivity contribution in [3.05, 3.63) is 45.2 Å². The van der Waals surface area contributed by atoms with Crippen LogP contribution >= 0.6 is 48.0 Å². The monoisotopic (exact) mass is 420 g/mol. The fraction of sp³-hybridized carbons (Fsp3) is 0.222. The van der Waals surface area contributed by atoms with Crippen molar-refractivity contribution in [1.82, 2.24) is 9.80 Å². The topological polar surface area (TPSA) is 40.6 Å². The Morgan fingerprint density at radius 2 is 1.31 bits per heavy atom. The molecule has 1 aromatic rings. The molecule has 8 heteroatoms. The summed E-state index contributed by atoms with van der Waals surface area (Å²) in [6.45, 7) is 4.95. The Labute approximate surface area is 171 Å². The molecule has 1 aromatic carbocycles. The number of hydrogen-bond donors (Lipinski definition) is 0. The van der Waals surface area contributed by atoms with Gasteiger partial charge < -0.3 is 0 Å². The van der Waals surface area contributed by atoms with E-state index in [2.05, 4.69) is 0 Å². The molecule has 0 aromatic heterocycles. The van der Waals surface area contributed by atoms with Crippen molar-refractivity contribution in [3.63, 3.8) is 0 Å². The number of carbonyl (C=O) groups excluding carboxylic acids is 2. The minimum Gasteiger partial charge on any atom is -0.293 e. The first kappa shape index (κ1) is 19.3. The molecule has 2 heterocycles. The van der Waals surface area contributed by atoms with Crippen LogP contribution in [0.2, 0.25) is 0 Å². The first-order valence-corrected chi connectivity index (χ1v) is 10.5. The summed E-state index contributed by atoms with van der Waals surface area (Å²) in [6, 6.07) is 7.69. The largest absolute Gasteiger partial charge is 0.293 e. The zero-order valence-corrected chi connectivity index (χ0v) is 17.5. The van der Waals surface area contributed by atoms with Gasteiger partial charge in [0.25, 0.3) is 11.8 Å². The molecule has 3 rings (SSSR count). The van der Waals surface area contributed by atoms with Gasteiger partial charge in [0.15, 0.2) is 0 Å². The van der Waals surface area contributed by atoms with Crippen LogP contribution in [0.3, 0.4) is 0 Å². The van der Waals surface area contributed by atoms with Crippen LogP contribution in [-0.2, 0) is 9.59 Å². The molecular formula is C18H16N2O2S4. The Morgan fingerprint density at radius 3 is 1.65 bits per heavy atom. The van der Waals surface area contributed by atoms with Gasteiger partial charge in [0.05, 0.1) is 9.81 Å². The maximum atomic E-state index is 12.3. The van der Waals surface area contributed by atoms with E-state index < -0.39 is 0 Å². The van der Waals surface area contributed by atoms with E-state index >= 15 is 0 Å². The molecular weight excluding hydrogens is 404 g/mol. The minimum atomic E-state index is -0.0586. The lowest BCUT2D eigenvalue weighted by molar-refractivity contribution is -0.122. The second-order valence-corrected chi connectivity index (χ2v) is 8.87. The zero-order valence-electron chi connectivity index (χ0n) is 14.2. The van der Waals surface area contributed by atoms with E-state index in [-0.39, 0.29) is 11.8 Å². The Hall–Kier alpha value is -1.48. The van der Waals surface area contributed by atoms with Crippen LogP contribution in [-0.4, -0.2) is 43.3 Å². The third-order valence-corrected chi connectivity index (χ3v) is 6.64. The van der Waals surface area contributed by atoms with Gasteiger partial charge in [-0.05, 0) is 43.2 Å². The third-order valence-electron chi connectivity index (χ3n) is 3.89. The lowest BCUT2D eigenvalue weighted by Gasteiger charge is -2.09. The molecule has 0 saturated carbocycles. The fourth-order valence-corrected chi connectivity index (χ4v) is 5.35. The molecule has 0 atom stereocenters. The highest BCUT2D eigenvalue weighted by Gasteiger charge is 2.31. The molecule has 2 amide bonds. The van der Waals surface area contributed by atoms with Gasteiger partial charge >= 0.3 is 0 Å². The van der Waals surface area contributed by atoms with Gasteiger partial charge in [-0.2, -0.15) is 0 Å². The third kappa shape index (κ3) is 3.78. The Kier molecular flexibility index (Phi) is 5.96. The lowest BCUT2D eigenvalue weighted by Crippen LogP contribution is -2.27. The Balaban J connectivity index is 1.86. The van der Waals surface area contributed by atoms with E-state index in [1.807, 2.05) is 50.3 Å². The second kappa shape index (κ2) is 8.04. The number of rotatable bonds is 4. The van der Waals surface area contributed by atoms with Crippen molar-refractivity contribution in [3.8, 4) is 0 Å². The molecule has 0 aliphatic carbocycles. The molecule has 4 nitrogen and oxygen atoms in total. The van der Waals surface area contributed by atoms with Crippen molar-refractivity contribution < 1.29 is 9.59 Å². The predicted octanol–water partition coefficient (Wildman–Crippen LogP) is 4.13. The van der Waals surface area contributed by atoms with Crippen LogP contribution < -0.4 is 0 Å². The van der Waals surface area contributed by atoms with Gasteiger partial charge in [0.2, 0.25) is 0 Å². The van der Waals surface area contributed by atoms with Crippen LogP contribution in [0.1, 0.15) is 25.0 Å². The molecule has 2 aliphatic rings. The van der Waals surface area contributed by atoms with Gasteiger partial charge in [-0.3, -0.25) is 19.4 Å². The first-order chi connectivity index (χ1) is 12.4. The minimum absolute atomic E-state index is 0.0586. The van der Waals surface area contributed by atoms with Crippen molar-refractivity contribution in [1.29, 1.82) is 0 Å². The summed E-state index contributed by atoms with van der Waals surface area (Å²) in [5, 5.41) is 0. The number of benzene rings is 1. The molecule has 26 heavy (non-hydrogen) atoms. The SMILES string of the molecule is CCN1C(=O)/C(=C/c2cccc(/C=C3\SC(=S)N(CC)C3=O)c2)SC1=S. The van der Waals surface area contributed by atoms with Crippen LogP contribution in [0.15, 0.2) is 34.1 Å². The van der Waals surface area contributed by atoms with Crippen LogP contribution in [0.5, 0.6) is 0 Å². The zero-order chi connectivity index (χ0) is 18.8. The summed E-state index contributed by atoms with van der Waals surface area (Å²) in [5.41, 5.74) is 1.78. The van der Waals surface area contributed by atoms with Gasteiger partial charge in [0, 0.05) is 13.1 Å². The number of hydrogen-bond acceptors (Lipinski definition) is 6. The standard InChI is InChI=1S/C18H16N2O2S4/c1-3-19-15(21)13(25-17(19)23)9-11-6-5-7-12(8-11)10-14-16(22)20(4-2)18(24)26-14/h5-10H,3-4H2,1-2H3/b13-9-,14-10-. The predicted molar refractivity (Wildman–Crippen MR) is 118 cm³/mol. The number of thioether (sulfide) groups is 2. The first-order valence-electron chi connectivity index (χ1n) is 8.05. The van der Waals surface area contributed by atoms with Gasteiger partial charge in [-0.1, -0.05) is 66.2 Å². The van der Waals surface area contributed by atoms with Crippen LogP contribution in [0.25, 0.3) is 12.2 Å². The van der Waals surface area contributed by atoms with E-state index in [1.165, 1.54) is 23.5 Å². The van der Waals surface area contributed by atoms with Crippen molar-refractivity contribution in [2.75, 3.05) is 13.1 Å². The van der Waals surface area contributed by atoms with Gasteiger partial charge in [-0.15, -0.1) is 0 Å². The average molecular weight is 421 g/mol. The lowest BCUT2D eigenvalue weighted by atomic mass is 10.1. The highest BCUT2D eigenvalue weighted by molar-refractivity contribution is 8.27. The molecule has 0 N–H and O–H groups in total. The molecule has 2 fully saturated rings. The fourth-order valence-electron chi connectivity index (χ4n) is 2.59. The van der Waals surface area contributed by atoms with Crippen molar-refractivity contribution in [2.45, 2.75) is 13.8 Å². The van der Waals surface area contributed by atoms with E-state index in [0.29, 0.717) is 31.5 Å². The number of amides is 2. The van der Waals surface area contributed by atoms with E-state index in [1.54, 1.807) is 9.80 Å². The number of likely N-dealkylation sites (N-methyl/N-ethyl adjacent to an activating group) is 2. The van der Waals surface area contributed by atoms with E-state index in [0.717, 1.165) is 11.1 Å². The van der Waals surface area contributed by atoms with Crippen molar-refractivity contribution >= 4 is 80.6 Å². The smallest absolute Gasteiger partial charge is 0.266 e. The van der Waals surface area contributed by atoms with Gasteiger partial charge in [0.1, 0.15) is 8.64 Å². The van der Waals surface area contributed by atoms with E-state index in [4.69, 9.17) is 24.4 Å². The Morgan fingerprint density at radius 1 is 0.885 bits per heavy atom. The Bertz CT molecular complexity index is 808. The van der Waals surface area contributed by atoms with Crippen molar-refractivity contribution in [2.24, 2.45) is 0 Å². The molecule has 0 radical (unpaired) electrons. The molecule has 0 bridgehead atoms. The summed E-state index contributed by atoms with van der Waals surface area (Å²) in [6.07, 6.45) is 3.67. The maximum absolute atomic E-state index is 12.3. The average Bonchev–Trinajstić information content (AvgIpc) is 3.03. The molecule has 0 unspecified atom stereocenters. The summed E-state index contributed by atoms with van der Waals surface area (Å²) in [4.78, 5) is 29.1. The highest BCUT2D eigenvalue weighted by Crippen LogP contribution is 2.34.